The average molecular weight is 341 g/mol. The number of carbonyl (C=O) groups is 3. The Morgan fingerprint density at radius 3 is 2.78 bits per heavy atom. The van der Waals surface area contributed by atoms with E-state index in [0.29, 0.717) is 16.5 Å². The molecule has 7 nitrogen and oxygen atoms in total. The largest absolute Gasteiger partial charge is 0.495 e. The number of hydrogen-bond acceptors (Lipinski definition) is 4. The second-order valence-corrected chi connectivity index (χ2v) is 5.75. The molecule has 0 spiro atoms. The molecule has 1 unspecified atom stereocenters. The summed E-state index contributed by atoms with van der Waals surface area (Å²) in [5, 5.41) is 9.20. The van der Waals surface area contributed by atoms with Crippen molar-refractivity contribution in [3.05, 3.63) is 23.2 Å². The van der Waals surface area contributed by atoms with Gasteiger partial charge in [0.25, 0.3) is 0 Å². The molecular formula is C15H17ClN2O5. The summed E-state index contributed by atoms with van der Waals surface area (Å²) in [5.74, 6) is -1.80. The standard InChI is InChI=1S/C15H17ClN2O5/c1-17(8-14(20)21)15(22)9-5-13(19)18(7-9)11-6-10(16)3-4-12(11)23-2/h3-4,6,9H,5,7-8H2,1-2H3,(H,20,21). The molecule has 1 fully saturated rings. The van der Waals surface area contributed by atoms with Gasteiger partial charge < -0.3 is 19.6 Å². The van der Waals surface area contributed by atoms with Crippen LogP contribution in [-0.2, 0) is 14.4 Å². The molecule has 2 amide bonds. The molecule has 1 saturated heterocycles. The lowest BCUT2D eigenvalue weighted by Gasteiger charge is -2.21. The minimum atomic E-state index is -1.10. The van der Waals surface area contributed by atoms with Crippen LogP contribution in [0.5, 0.6) is 5.75 Å². The number of carboxylic acids is 1. The minimum Gasteiger partial charge on any atom is -0.495 e. The lowest BCUT2D eigenvalue weighted by molar-refractivity contribution is -0.145. The van der Waals surface area contributed by atoms with Crippen molar-refractivity contribution < 1.29 is 24.2 Å². The summed E-state index contributed by atoms with van der Waals surface area (Å²) in [6, 6.07) is 4.90. The lowest BCUT2D eigenvalue weighted by atomic mass is 10.1. The zero-order valence-corrected chi connectivity index (χ0v) is 13.5. The van der Waals surface area contributed by atoms with Gasteiger partial charge in [-0.1, -0.05) is 11.6 Å². The number of aliphatic carboxylic acids is 1. The molecule has 0 saturated carbocycles. The Balaban J connectivity index is 2.19. The number of carbonyl (C=O) groups excluding carboxylic acids is 2. The summed E-state index contributed by atoms with van der Waals surface area (Å²) in [7, 11) is 2.89. The van der Waals surface area contributed by atoms with E-state index < -0.39 is 18.4 Å². The van der Waals surface area contributed by atoms with Crippen molar-refractivity contribution in [2.24, 2.45) is 5.92 Å². The highest BCUT2D eigenvalue weighted by Crippen LogP contribution is 2.35. The fraction of sp³-hybridized carbons (Fsp3) is 0.400. The first kappa shape index (κ1) is 17.1. The minimum absolute atomic E-state index is 0.0262. The van der Waals surface area contributed by atoms with Gasteiger partial charge in [-0.2, -0.15) is 0 Å². The smallest absolute Gasteiger partial charge is 0.323 e. The summed E-state index contributed by atoms with van der Waals surface area (Å²) < 4.78 is 5.23. The Kier molecular flexibility index (Phi) is 5.10. The monoisotopic (exact) mass is 340 g/mol. The molecule has 1 N–H and O–H groups in total. The van der Waals surface area contributed by atoms with Crippen LogP contribution in [0.1, 0.15) is 6.42 Å². The van der Waals surface area contributed by atoms with Gasteiger partial charge in [0.2, 0.25) is 11.8 Å². The predicted octanol–water partition coefficient (Wildman–Crippen LogP) is 1.24. The number of nitrogens with zero attached hydrogens (tertiary/aromatic N) is 2. The number of carboxylic acid groups (broad SMARTS) is 1. The molecule has 23 heavy (non-hydrogen) atoms. The van der Waals surface area contributed by atoms with E-state index in [4.69, 9.17) is 21.4 Å². The van der Waals surface area contributed by atoms with Gasteiger partial charge in [-0.15, -0.1) is 0 Å². The fourth-order valence-corrected chi connectivity index (χ4v) is 2.74. The Hall–Kier alpha value is -2.28. The molecule has 2 rings (SSSR count). The number of likely N-dealkylation sites (N-methyl/N-ethyl adjacent to an activating group) is 1. The molecule has 0 aliphatic carbocycles. The maximum atomic E-state index is 12.3. The number of benzene rings is 1. The van der Waals surface area contributed by atoms with Crippen molar-refractivity contribution in [3.63, 3.8) is 0 Å². The van der Waals surface area contributed by atoms with Crippen molar-refractivity contribution in [1.82, 2.24) is 4.90 Å². The summed E-state index contributed by atoms with van der Waals surface area (Å²) in [5.41, 5.74) is 0.501. The van der Waals surface area contributed by atoms with Gasteiger partial charge in [0, 0.05) is 25.0 Å². The average Bonchev–Trinajstić information content (AvgIpc) is 2.87. The first-order chi connectivity index (χ1) is 10.8. The molecule has 1 aliphatic rings. The number of hydrogen-bond donors (Lipinski definition) is 1. The van der Waals surface area contributed by atoms with Gasteiger partial charge in [0.05, 0.1) is 18.7 Å². The number of methoxy groups -OCH3 is 1. The summed E-state index contributed by atoms with van der Waals surface area (Å²) in [6.07, 6.45) is 0.0262. The number of anilines is 1. The van der Waals surface area contributed by atoms with Gasteiger partial charge in [0.1, 0.15) is 12.3 Å². The third-order valence-corrected chi connectivity index (χ3v) is 3.89. The molecule has 0 bridgehead atoms. The maximum absolute atomic E-state index is 12.3. The zero-order chi connectivity index (χ0) is 17.1. The van der Waals surface area contributed by atoms with Gasteiger partial charge >= 0.3 is 5.97 Å². The van der Waals surface area contributed by atoms with Crippen LogP contribution in [0.25, 0.3) is 0 Å². The SMILES string of the molecule is COc1ccc(Cl)cc1N1CC(C(=O)N(C)CC(=O)O)CC1=O. The molecule has 0 aromatic heterocycles. The molecule has 1 aromatic carbocycles. The van der Waals surface area contributed by atoms with E-state index >= 15 is 0 Å². The third-order valence-electron chi connectivity index (χ3n) is 3.65. The Bertz CT molecular complexity index is 649. The van der Waals surface area contributed by atoms with Crippen molar-refractivity contribution in [2.45, 2.75) is 6.42 Å². The van der Waals surface area contributed by atoms with Crippen LogP contribution < -0.4 is 9.64 Å². The van der Waals surface area contributed by atoms with E-state index in [1.54, 1.807) is 18.2 Å². The Morgan fingerprint density at radius 2 is 2.17 bits per heavy atom. The number of amides is 2. The Morgan fingerprint density at radius 1 is 1.48 bits per heavy atom. The van der Waals surface area contributed by atoms with Gasteiger partial charge in [-0.05, 0) is 18.2 Å². The predicted molar refractivity (Wildman–Crippen MR) is 83.7 cm³/mol. The van der Waals surface area contributed by atoms with Crippen LogP contribution in [0.2, 0.25) is 5.02 Å². The number of rotatable bonds is 5. The molecule has 1 aromatic rings. The highest BCUT2D eigenvalue weighted by atomic mass is 35.5. The van der Waals surface area contributed by atoms with E-state index in [1.807, 2.05) is 0 Å². The molecule has 0 radical (unpaired) electrons. The second kappa shape index (κ2) is 6.87. The normalized spacial score (nSPS) is 17.3. The molecule has 1 aliphatic heterocycles. The fourth-order valence-electron chi connectivity index (χ4n) is 2.57. The Labute approximate surface area is 138 Å². The van der Waals surface area contributed by atoms with Crippen LogP contribution >= 0.6 is 11.6 Å². The van der Waals surface area contributed by atoms with Crippen molar-refractivity contribution >= 4 is 35.1 Å². The first-order valence-electron chi connectivity index (χ1n) is 6.94. The lowest BCUT2D eigenvalue weighted by Crippen LogP contribution is -2.37. The van der Waals surface area contributed by atoms with Gasteiger partial charge in [0.15, 0.2) is 0 Å². The molecule has 1 heterocycles. The molecule has 124 valence electrons. The van der Waals surface area contributed by atoms with E-state index in [1.165, 1.54) is 19.1 Å². The second-order valence-electron chi connectivity index (χ2n) is 5.31. The highest BCUT2D eigenvalue weighted by Gasteiger charge is 2.37. The van der Waals surface area contributed by atoms with Crippen LogP contribution in [0.4, 0.5) is 5.69 Å². The summed E-state index contributed by atoms with van der Waals surface area (Å²) in [6.45, 7) is -0.234. The first-order valence-corrected chi connectivity index (χ1v) is 7.32. The van der Waals surface area contributed by atoms with E-state index in [9.17, 15) is 14.4 Å². The van der Waals surface area contributed by atoms with Crippen molar-refractivity contribution in [3.8, 4) is 5.75 Å². The van der Waals surface area contributed by atoms with Crippen LogP contribution in [0.3, 0.4) is 0 Å². The number of ether oxygens (including phenoxy) is 1. The third kappa shape index (κ3) is 3.73. The van der Waals surface area contributed by atoms with E-state index in [-0.39, 0.29) is 24.8 Å². The van der Waals surface area contributed by atoms with Crippen molar-refractivity contribution in [2.75, 3.05) is 32.1 Å². The number of halogens is 1. The summed E-state index contributed by atoms with van der Waals surface area (Å²) >= 11 is 5.97. The topological polar surface area (TPSA) is 87.2 Å². The van der Waals surface area contributed by atoms with Gasteiger partial charge in [-0.3, -0.25) is 14.4 Å². The molecular weight excluding hydrogens is 324 g/mol. The molecule has 8 heteroatoms. The van der Waals surface area contributed by atoms with Crippen LogP contribution in [0, 0.1) is 5.92 Å². The quantitative estimate of drug-likeness (QED) is 0.871. The van der Waals surface area contributed by atoms with Crippen LogP contribution in [0.15, 0.2) is 18.2 Å². The maximum Gasteiger partial charge on any atom is 0.323 e. The molecule has 1 atom stereocenters. The van der Waals surface area contributed by atoms with E-state index in [0.717, 1.165) is 4.90 Å². The van der Waals surface area contributed by atoms with Crippen LogP contribution in [-0.4, -0.2) is 55.0 Å². The zero-order valence-electron chi connectivity index (χ0n) is 12.8. The summed E-state index contributed by atoms with van der Waals surface area (Å²) in [4.78, 5) is 37.8. The van der Waals surface area contributed by atoms with Crippen molar-refractivity contribution in [1.29, 1.82) is 0 Å². The van der Waals surface area contributed by atoms with E-state index in [2.05, 4.69) is 0 Å². The van der Waals surface area contributed by atoms with Gasteiger partial charge in [-0.25, -0.2) is 0 Å². The highest BCUT2D eigenvalue weighted by molar-refractivity contribution is 6.31.